The molecule has 0 radical (unpaired) electrons. The van der Waals surface area contributed by atoms with E-state index in [1.54, 1.807) is 18.2 Å². The Morgan fingerprint density at radius 2 is 1.38 bits per heavy atom. The summed E-state index contributed by atoms with van der Waals surface area (Å²) in [4.78, 5) is -0.216. The maximum Gasteiger partial charge on any atom is 1.00 e. The van der Waals surface area contributed by atoms with Crippen molar-refractivity contribution in [3.8, 4) is 0 Å². The van der Waals surface area contributed by atoms with Gasteiger partial charge in [0, 0.05) is 11.4 Å². The number of rotatable bonds is 5. The standard InChI is InChI=1S/C18H15N3O3S.Na.H/c22-25(23,24)18-8-4-7-17(13-18)21-20-16-11-9-15(10-12-16)19-14-5-2-1-3-6-14;;/h1-13,19H,(H,22,23,24);;/q;+1;-1. The van der Waals surface area contributed by atoms with E-state index in [0.29, 0.717) is 11.4 Å². The van der Waals surface area contributed by atoms with Crippen LogP contribution >= 0.6 is 0 Å². The van der Waals surface area contributed by atoms with Gasteiger partial charge in [0.15, 0.2) is 0 Å². The second-order valence-electron chi connectivity index (χ2n) is 5.21. The van der Waals surface area contributed by atoms with E-state index in [9.17, 15) is 8.42 Å². The summed E-state index contributed by atoms with van der Waals surface area (Å²) in [6, 6.07) is 22.7. The molecule has 0 saturated carbocycles. The van der Waals surface area contributed by atoms with Crippen molar-refractivity contribution >= 4 is 32.9 Å². The second kappa shape index (κ2) is 9.07. The fraction of sp³-hybridized carbons (Fsp3) is 0. The van der Waals surface area contributed by atoms with E-state index in [1.807, 2.05) is 42.5 Å². The van der Waals surface area contributed by atoms with Crippen molar-refractivity contribution in [1.82, 2.24) is 0 Å². The summed E-state index contributed by atoms with van der Waals surface area (Å²) in [6.45, 7) is 0. The molecule has 26 heavy (non-hydrogen) atoms. The molecule has 0 aromatic heterocycles. The van der Waals surface area contributed by atoms with Crippen molar-refractivity contribution < 1.29 is 44.0 Å². The number of hydrogen-bond donors (Lipinski definition) is 2. The van der Waals surface area contributed by atoms with Crippen LogP contribution in [0, 0.1) is 0 Å². The summed E-state index contributed by atoms with van der Waals surface area (Å²) in [6.07, 6.45) is 0. The molecule has 0 saturated heterocycles. The first-order chi connectivity index (χ1) is 12.0. The average Bonchev–Trinajstić information content (AvgIpc) is 2.62. The van der Waals surface area contributed by atoms with Gasteiger partial charge in [0.25, 0.3) is 10.1 Å². The van der Waals surface area contributed by atoms with Crippen LogP contribution in [0.5, 0.6) is 0 Å². The molecule has 3 aromatic carbocycles. The molecule has 0 fully saturated rings. The van der Waals surface area contributed by atoms with Crippen LogP contribution in [0.4, 0.5) is 22.7 Å². The zero-order valence-electron chi connectivity index (χ0n) is 15.1. The quantitative estimate of drug-likeness (QED) is 0.405. The Morgan fingerprint density at radius 1 is 0.769 bits per heavy atom. The fourth-order valence-corrected chi connectivity index (χ4v) is 2.64. The van der Waals surface area contributed by atoms with Gasteiger partial charge in [0.05, 0.1) is 16.3 Å². The predicted octanol–water partition coefficient (Wildman–Crippen LogP) is 2.21. The molecule has 128 valence electrons. The molecular weight excluding hydrogens is 361 g/mol. The van der Waals surface area contributed by atoms with Crippen LogP contribution < -0.4 is 34.9 Å². The van der Waals surface area contributed by atoms with E-state index in [1.165, 1.54) is 18.2 Å². The van der Waals surface area contributed by atoms with Crippen molar-refractivity contribution in [2.75, 3.05) is 5.32 Å². The molecular formula is C18H16N3NaO3S. The normalized spacial score (nSPS) is 11.1. The van der Waals surface area contributed by atoms with Crippen LogP contribution in [0.1, 0.15) is 1.43 Å². The van der Waals surface area contributed by atoms with Crippen LogP contribution in [0.15, 0.2) is 94.0 Å². The summed E-state index contributed by atoms with van der Waals surface area (Å²) < 4.78 is 31.3. The van der Waals surface area contributed by atoms with Crippen LogP contribution in [0.2, 0.25) is 0 Å². The molecule has 0 aliphatic rings. The molecule has 0 spiro atoms. The molecule has 0 bridgehead atoms. The Balaban J connectivity index is 0.00000182. The molecule has 3 rings (SSSR count). The summed E-state index contributed by atoms with van der Waals surface area (Å²) in [5, 5.41) is 11.3. The predicted molar refractivity (Wildman–Crippen MR) is 97.7 cm³/mol. The summed E-state index contributed by atoms with van der Waals surface area (Å²) >= 11 is 0. The second-order valence-corrected chi connectivity index (χ2v) is 6.63. The van der Waals surface area contributed by atoms with E-state index in [-0.39, 0.29) is 35.9 Å². The fourth-order valence-electron chi connectivity index (χ4n) is 2.12. The Hall–Kier alpha value is -2.03. The van der Waals surface area contributed by atoms with Gasteiger partial charge in [-0.05, 0) is 54.6 Å². The maximum atomic E-state index is 11.1. The third kappa shape index (κ3) is 5.76. The number of nitrogens with one attached hydrogen (secondary N) is 1. The Labute approximate surface area is 175 Å². The molecule has 8 heteroatoms. The summed E-state index contributed by atoms with van der Waals surface area (Å²) in [5.41, 5.74) is 2.86. The zero-order chi connectivity index (χ0) is 17.7. The van der Waals surface area contributed by atoms with E-state index < -0.39 is 10.1 Å². The summed E-state index contributed by atoms with van der Waals surface area (Å²) in [7, 11) is -4.25. The van der Waals surface area contributed by atoms with Crippen LogP contribution in [0.3, 0.4) is 0 Å². The largest absolute Gasteiger partial charge is 1.00 e. The first-order valence-corrected chi connectivity index (χ1v) is 8.86. The van der Waals surface area contributed by atoms with Gasteiger partial charge in [-0.2, -0.15) is 18.6 Å². The zero-order valence-corrected chi connectivity index (χ0v) is 16.9. The first kappa shape index (κ1) is 20.3. The van der Waals surface area contributed by atoms with Crippen LogP contribution in [0.25, 0.3) is 0 Å². The number of hydrogen-bond acceptors (Lipinski definition) is 5. The average molecular weight is 377 g/mol. The number of anilines is 2. The van der Waals surface area contributed by atoms with E-state index in [2.05, 4.69) is 15.5 Å². The Bertz CT molecular complexity index is 998. The van der Waals surface area contributed by atoms with Gasteiger partial charge in [-0.1, -0.05) is 24.3 Å². The minimum absolute atomic E-state index is 0. The van der Waals surface area contributed by atoms with Crippen LogP contribution in [-0.4, -0.2) is 13.0 Å². The third-order valence-electron chi connectivity index (χ3n) is 3.33. The molecule has 0 heterocycles. The minimum Gasteiger partial charge on any atom is -1.00 e. The first-order valence-electron chi connectivity index (χ1n) is 7.42. The molecule has 0 atom stereocenters. The monoisotopic (exact) mass is 377 g/mol. The Morgan fingerprint density at radius 3 is 2.04 bits per heavy atom. The SMILES string of the molecule is O=S(=O)(O)c1cccc(N=Nc2ccc(Nc3ccccc3)cc2)c1.[H-].[Na+]. The van der Waals surface area contributed by atoms with Gasteiger partial charge >= 0.3 is 29.6 Å². The van der Waals surface area contributed by atoms with Gasteiger partial charge in [0.1, 0.15) is 0 Å². The maximum absolute atomic E-state index is 11.1. The van der Waals surface area contributed by atoms with Crippen molar-refractivity contribution in [1.29, 1.82) is 0 Å². The van der Waals surface area contributed by atoms with Crippen molar-refractivity contribution in [3.05, 3.63) is 78.9 Å². The van der Waals surface area contributed by atoms with Gasteiger partial charge in [-0.25, -0.2) is 0 Å². The molecule has 0 aliphatic carbocycles. The smallest absolute Gasteiger partial charge is 1.00 e. The molecule has 6 nitrogen and oxygen atoms in total. The Kier molecular flexibility index (Phi) is 7.07. The van der Waals surface area contributed by atoms with E-state index >= 15 is 0 Å². The number of benzene rings is 3. The van der Waals surface area contributed by atoms with Crippen LogP contribution in [-0.2, 0) is 10.1 Å². The van der Waals surface area contributed by atoms with Gasteiger partial charge in [-0.15, -0.1) is 0 Å². The number of nitrogens with zero attached hydrogens (tertiary/aromatic N) is 2. The van der Waals surface area contributed by atoms with E-state index in [0.717, 1.165) is 11.4 Å². The minimum atomic E-state index is -4.25. The van der Waals surface area contributed by atoms with Crippen molar-refractivity contribution in [3.63, 3.8) is 0 Å². The van der Waals surface area contributed by atoms with Crippen molar-refractivity contribution in [2.45, 2.75) is 4.90 Å². The molecule has 3 aromatic rings. The number of para-hydroxylation sites is 1. The molecule has 2 N–H and O–H groups in total. The summed E-state index contributed by atoms with van der Waals surface area (Å²) in [5.74, 6) is 0. The van der Waals surface area contributed by atoms with E-state index in [4.69, 9.17) is 4.55 Å². The van der Waals surface area contributed by atoms with Gasteiger partial charge < -0.3 is 6.74 Å². The third-order valence-corrected chi connectivity index (χ3v) is 4.18. The molecule has 0 amide bonds. The van der Waals surface area contributed by atoms with Crippen molar-refractivity contribution in [2.24, 2.45) is 10.2 Å². The van der Waals surface area contributed by atoms with Gasteiger partial charge in [0.2, 0.25) is 0 Å². The molecule has 0 unspecified atom stereocenters. The van der Waals surface area contributed by atoms with Gasteiger partial charge in [-0.3, -0.25) is 4.55 Å². The number of azo groups is 1. The molecule has 0 aliphatic heterocycles. The topological polar surface area (TPSA) is 91.1 Å².